The quantitative estimate of drug-likeness (QED) is 0.676. The summed E-state index contributed by atoms with van der Waals surface area (Å²) in [7, 11) is 0. The number of amides is 1. The van der Waals surface area contributed by atoms with Gasteiger partial charge >= 0.3 is 0 Å². The number of hydrogen-bond donors (Lipinski definition) is 1. The van der Waals surface area contributed by atoms with E-state index in [1.807, 2.05) is 0 Å². The minimum atomic E-state index is 0.328. The molecule has 0 aliphatic heterocycles. The van der Waals surface area contributed by atoms with Gasteiger partial charge in [-0.25, -0.2) is 0 Å². The lowest BCUT2D eigenvalue weighted by Crippen LogP contribution is -2.56. The van der Waals surface area contributed by atoms with Gasteiger partial charge in [-0.1, -0.05) is 13.8 Å². The maximum Gasteiger partial charge on any atom is 0.220 e. The third-order valence-electron chi connectivity index (χ3n) is 10.1. The summed E-state index contributed by atoms with van der Waals surface area (Å²) in [6.45, 7) is 6.04. The van der Waals surface area contributed by atoms with Gasteiger partial charge in [-0.05, 0) is 122 Å². The van der Waals surface area contributed by atoms with Crippen LogP contribution in [0.5, 0.6) is 0 Å². The Labute approximate surface area is 165 Å². The number of rotatable bonds is 4. The largest absolute Gasteiger partial charge is 0.356 e. The SMILES string of the molecule is CC12CC3CC(C)(C1)CC(CC(=O)NCC14CC5CC(CC(C5)C1)C4)(C3)C2. The van der Waals surface area contributed by atoms with Gasteiger partial charge in [0.05, 0.1) is 0 Å². The Hall–Kier alpha value is -0.530. The molecular formula is C25H39NO. The molecule has 0 aromatic rings. The molecule has 8 fully saturated rings. The third-order valence-corrected chi connectivity index (χ3v) is 10.1. The summed E-state index contributed by atoms with van der Waals surface area (Å²) in [5.41, 5.74) is 1.85. The van der Waals surface area contributed by atoms with Gasteiger partial charge in [-0.15, -0.1) is 0 Å². The Balaban J connectivity index is 1.13. The van der Waals surface area contributed by atoms with Gasteiger partial charge in [0, 0.05) is 13.0 Å². The highest BCUT2D eigenvalue weighted by Crippen LogP contribution is 2.70. The molecule has 0 heterocycles. The fourth-order valence-corrected chi connectivity index (χ4v) is 11.1. The van der Waals surface area contributed by atoms with Crippen LogP contribution in [-0.4, -0.2) is 12.5 Å². The van der Waals surface area contributed by atoms with Crippen molar-refractivity contribution < 1.29 is 4.79 Å². The monoisotopic (exact) mass is 369 g/mol. The van der Waals surface area contributed by atoms with Crippen LogP contribution in [0.4, 0.5) is 0 Å². The normalized spacial score (nSPS) is 57.3. The molecule has 1 amide bonds. The Morgan fingerprint density at radius 2 is 1.26 bits per heavy atom. The second-order valence-corrected chi connectivity index (χ2v) is 13.5. The van der Waals surface area contributed by atoms with E-state index < -0.39 is 0 Å². The average molecular weight is 370 g/mol. The van der Waals surface area contributed by atoms with Crippen LogP contribution in [0.15, 0.2) is 0 Å². The Morgan fingerprint density at radius 1 is 0.741 bits per heavy atom. The summed E-state index contributed by atoms with van der Waals surface area (Å²) < 4.78 is 0. The van der Waals surface area contributed by atoms with Crippen molar-refractivity contribution in [1.82, 2.24) is 5.32 Å². The Bertz CT molecular complexity index is 612. The van der Waals surface area contributed by atoms with Crippen LogP contribution in [0, 0.1) is 45.3 Å². The third kappa shape index (κ3) is 2.83. The highest BCUT2D eigenvalue weighted by Gasteiger charge is 2.60. The molecule has 8 saturated carbocycles. The van der Waals surface area contributed by atoms with Crippen LogP contribution in [0.2, 0.25) is 0 Å². The van der Waals surface area contributed by atoms with E-state index in [-0.39, 0.29) is 0 Å². The van der Waals surface area contributed by atoms with Crippen molar-refractivity contribution in [3.63, 3.8) is 0 Å². The molecular weight excluding hydrogens is 330 g/mol. The van der Waals surface area contributed by atoms with Gasteiger partial charge in [-0.3, -0.25) is 4.79 Å². The highest BCUT2D eigenvalue weighted by molar-refractivity contribution is 5.76. The molecule has 0 saturated heterocycles. The number of carbonyl (C=O) groups is 1. The lowest BCUT2D eigenvalue weighted by molar-refractivity contribution is -0.156. The minimum Gasteiger partial charge on any atom is -0.356 e. The van der Waals surface area contributed by atoms with Crippen molar-refractivity contribution in [2.45, 2.75) is 97.3 Å². The van der Waals surface area contributed by atoms with Crippen molar-refractivity contribution in [3.8, 4) is 0 Å². The van der Waals surface area contributed by atoms with E-state index in [0.717, 1.165) is 36.6 Å². The zero-order valence-corrected chi connectivity index (χ0v) is 17.6. The molecule has 8 rings (SSSR count). The summed E-state index contributed by atoms with van der Waals surface area (Å²) in [5.74, 6) is 4.23. The maximum absolute atomic E-state index is 13.1. The number of hydrogen-bond acceptors (Lipinski definition) is 1. The van der Waals surface area contributed by atoms with Crippen LogP contribution in [0.1, 0.15) is 97.3 Å². The van der Waals surface area contributed by atoms with E-state index in [9.17, 15) is 4.79 Å². The molecule has 2 heteroatoms. The number of nitrogens with one attached hydrogen (secondary N) is 1. The van der Waals surface area contributed by atoms with Crippen LogP contribution in [0.3, 0.4) is 0 Å². The van der Waals surface area contributed by atoms with Gasteiger partial charge in [0.1, 0.15) is 0 Å². The standard InChI is InChI=1S/C25H39NO/c1-22-6-20-7-23(2,13-22)15-25(11-20,14-22)12-21(27)26-16-24-8-17-3-18(9-24)5-19(4-17)10-24/h17-20H,3-16H2,1-2H3,(H,26,27). The minimum absolute atomic E-state index is 0.328. The summed E-state index contributed by atoms with van der Waals surface area (Å²) in [5, 5.41) is 3.50. The number of carbonyl (C=O) groups excluding carboxylic acids is 1. The summed E-state index contributed by atoms with van der Waals surface area (Å²) in [6, 6.07) is 0. The molecule has 150 valence electrons. The highest BCUT2D eigenvalue weighted by atomic mass is 16.1. The van der Waals surface area contributed by atoms with E-state index in [1.165, 1.54) is 77.0 Å². The fourth-order valence-electron chi connectivity index (χ4n) is 11.1. The van der Waals surface area contributed by atoms with Crippen molar-refractivity contribution in [3.05, 3.63) is 0 Å². The molecule has 0 aromatic carbocycles. The lowest BCUT2D eigenvalue weighted by atomic mass is 9.40. The molecule has 2 nitrogen and oxygen atoms in total. The predicted molar refractivity (Wildman–Crippen MR) is 108 cm³/mol. The molecule has 0 spiro atoms. The molecule has 2 unspecified atom stereocenters. The molecule has 0 aromatic heterocycles. The Kier molecular flexibility index (Phi) is 3.43. The van der Waals surface area contributed by atoms with Crippen LogP contribution in [0.25, 0.3) is 0 Å². The first-order chi connectivity index (χ1) is 12.7. The van der Waals surface area contributed by atoms with Gasteiger partial charge in [0.2, 0.25) is 5.91 Å². The van der Waals surface area contributed by atoms with Crippen molar-refractivity contribution >= 4 is 5.91 Å². The summed E-state index contributed by atoms with van der Waals surface area (Å²) in [6.07, 6.45) is 17.8. The molecule has 2 atom stereocenters. The van der Waals surface area contributed by atoms with Crippen molar-refractivity contribution in [1.29, 1.82) is 0 Å². The first-order valence-electron chi connectivity index (χ1n) is 12.0. The Morgan fingerprint density at radius 3 is 1.78 bits per heavy atom. The molecule has 0 radical (unpaired) electrons. The van der Waals surface area contributed by atoms with Crippen LogP contribution < -0.4 is 5.32 Å². The zero-order chi connectivity index (χ0) is 18.5. The molecule has 27 heavy (non-hydrogen) atoms. The molecule has 8 aliphatic rings. The topological polar surface area (TPSA) is 29.1 Å². The van der Waals surface area contributed by atoms with E-state index >= 15 is 0 Å². The molecule has 1 N–H and O–H groups in total. The van der Waals surface area contributed by atoms with Crippen molar-refractivity contribution in [2.24, 2.45) is 45.3 Å². The summed E-state index contributed by atoms with van der Waals surface area (Å²) >= 11 is 0. The second-order valence-electron chi connectivity index (χ2n) is 13.5. The van der Waals surface area contributed by atoms with Gasteiger partial charge in [0.15, 0.2) is 0 Å². The fraction of sp³-hybridized carbons (Fsp3) is 0.960. The lowest BCUT2D eigenvalue weighted by Gasteiger charge is -2.65. The predicted octanol–water partition coefficient (Wildman–Crippen LogP) is 5.71. The van der Waals surface area contributed by atoms with Crippen LogP contribution in [-0.2, 0) is 4.79 Å². The van der Waals surface area contributed by atoms with E-state index in [4.69, 9.17) is 0 Å². The first kappa shape index (κ1) is 17.3. The van der Waals surface area contributed by atoms with Gasteiger partial charge in [0.25, 0.3) is 0 Å². The van der Waals surface area contributed by atoms with Gasteiger partial charge < -0.3 is 5.32 Å². The average Bonchev–Trinajstić information content (AvgIpc) is 2.47. The van der Waals surface area contributed by atoms with E-state index in [0.29, 0.717) is 27.6 Å². The molecule has 8 aliphatic carbocycles. The van der Waals surface area contributed by atoms with Crippen molar-refractivity contribution in [2.75, 3.05) is 6.54 Å². The maximum atomic E-state index is 13.1. The van der Waals surface area contributed by atoms with E-state index in [1.54, 1.807) is 0 Å². The summed E-state index contributed by atoms with van der Waals surface area (Å²) in [4.78, 5) is 13.1. The molecule has 8 bridgehead atoms. The van der Waals surface area contributed by atoms with E-state index in [2.05, 4.69) is 19.2 Å². The zero-order valence-electron chi connectivity index (χ0n) is 17.6. The van der Waals surface area contributed by atoms with Crippen LogP contribution >= 0.6 is 0 Å². The first-order valence-corrected chi connectivity index (χ1v) is 12.0. The smallest absolute Gasteiger partial charge is 0.220 e. The second kappa shape index (κ2) is 5.33. The van der Waals surface area contributed by atoms with Gasteiger partial charge in [-0.2, -0.15) is 0 Å².